The topological polar surface area (TPSA) is 38.3 Å². The fraction of sp³-hybridized carbons (Fsp3) is 0.562. The highest BCUT2D eigenvalue weighted by Crippen LogP contribution is 2.26. The van der Waals surface area contributed by atoms with Crippen LogP contribution >= 0.6 is 0 Å². The molecule has 1 amide bonds. The molecule has 1 N–H and O–H groups in total. The second kappa shape index (κ2) is 8.20. The predicted molar refractivity (Wildman–Crippen MR) is 86.9 cm³/mol. The summed E-state index contributed by atoms with van der Waals surface area (Å²) in [7, 11) is 0.215. The van der Waals surface area contributed by atoms with Crippen molar-refractivity contribution in [2.24, 2.45) is 0 Å². The molecule has 0 fully saturated rings. The van der Waals surface area contributed by atoms with Crippen LogP contribution < -0.4 is 10.1 Å². The van der Waals surface area contributed by atoms with Crippen molar-refractivity contribution >= 4 is 17.0 Å². The Balaban J connectivity index is 2.64. The predicted octanol–water partition coefficient (Wildman–Crippen LogP) is 3.82. The smallest absolute Gasteiger partial charge is 0.410 e. The summed E-state index contributed by atoms with van der Waals surface area (Å²) in [5.74, 6) is 0.657. The minimum atomic E-state index is -0.358. The highest BCUT2D eigenvalue weighted by molar-refractivity contribution is 7.95. The molecule has 0 atom stereocenters. The van der Waals surface area contributed by atoms with Gasteiger partial charge in [-0.1, -0.05) is 19.8 Å². The van der Waals surface area contributed by atoms with E-state index in [2.05, 4.69) is 37.7 Å². The molecule has 0 aliphatic rings. The van der Waals surface area contributed by atoms with Crippen LogP contribution in [0.5, 0.6) is 5.75 Å². The van der Waals surface area contributed by atoms with Gasteiger partial charge in [-0.15, -0.1) is 0 Å². The Morgan fingerprint density at radius 2 is 1.90 bits per heavy atom. The molecule has 0 saturated heterocycles. The summed E-state index contributed by atoms with van der Waals surface area (Å²) in [6.45, 7) is 6.86. The van der Waals surface area contributed by atoms with Crippen LogP contribution in [0.1, 0.15) is 37.3 Å². The summed E-state index contributed by atoms with van der Waals surface area (Å²) in [4.78, 5) is 13.1. The number of carbonyl (C=O) groups excluding carboxylic acids is 1. The number of carbonyl (C=O) groups is 1. The molecule has 0 spiro atoms. The molecule has 0 radical (unpaired) electrons. The zero-order valence-corrected chi connectivity index (χ0v) is 14.0. The Morgan fingerprint density at radius 1 is 1.20 bits per heavy atom. The number of ether oxygens (including phenoxy) is 1. The minimum Gasteiger partial charge on any atom is -0.410 e. The van der Waals surface area contributed by atoms with E-state index in [0.717, 1.165) is 24.8 Å². The van der Waals surface area contributed by atoms with Crippen LogP contribution in [0, 0.1) is 13.8 Å². The van der Waals surface area contributed by atoms with E-state index in [1.54, 1.807) is 0 Å². The highest BCUT2D eigenvalue weighted by Gasteiger charge is 2.16. The zero-order valence-electron chi connectivity index (χ0n) is 13.2. The Bertz CT molecular complexity index is 458. The van der Waals surface area contributed by atoms with Gasteiger partial charge in [-0.2, -0.15) is 0 Å². The Hall–Kier alpha value is -1.16. The first kappa shape index (κ1) is 16.9. The molecule has 0 aliphatic carbocycles. The second-order valence-electron chi connectivity index (χ2n) is 5.22. The number of nitrogens with one attached hydrogen (secondary N) is 1. The Labute approximate surface area is 125 Å². The first-order valence-electron chi connectivity index (χ1n) is 7.10. The normalized spacial score (nSPS) is 10.7. The summed E-state index contributed by atoms with van der Waals surface area (Å²) in [6, 6.07) is 4.08. The van der Waals surface area contributed by atoms with Gasteiger partial charge in [0.25, 0.3) is 0 Å². The van der Waals surface area contributed by atoms with E-state index in [1.807, 2.05) is 13.0 Å². The summed E-state index contributed by atoms with van der Waals surface area (Å²) in [5.41, 5.74) is 2.19. The van der Waals surface area contributed by atoms with E-state index >= 15 is 0 Å². The van der Waals surface area contributed by atoms with Crippen molar-refractivity contribution in [3.63, 3.8) is 0 Å². The van der Waals surface area contributed by atoms with E-state index in [0.29, 0.717) is 12.3 Å². The summed E-state index contributed by atoms with van der Waals surface area (Å²) in [5, 5.41) is 2.79. The average Bonchev–Trinajstić information content (AvgIpc) is 2.38. The molecule has 0 bridgehead atoms. The monoisotopic (exact) mass is 296 g/mol. The lowest BCUT2D eigenvalue weighted by Gasteiger charge is -2.11. The van der Waals surface area contributed by atoms with Crippen molar-refractivity contribution in [3.8, 4) is 5.75 Å². The zero-order chi connectivity index (χ0) is 15.1. The van der Waals surface area contributed by atoms with Crippen LogP contribution in [0.2, 0.25) is 0 Å². The molecule has 0 unspecified atom stereocenters. The van der Waals surface area contributed by atoms with Crippen LogP contribution in [-0.4, -0.2) is 25.1 Å². The van der Waals surface area contributed by atoms with Crippen molar-refractivity contribution in [3.05, 3.63) is 23.3 Å². The van der Waals surface area contributed by atoms with Crippen molar-refractivity contribution < 1.29 is 9.53 Å². The summed E-state index contributed by atoms with van der Waals surface area (Å²) in [6.07, 6.45) is 7.31. The lowest BCUT2D eigenvalue weighted by molar-refractivity contribution is 0.200. The second-order valence-corrected chi connectivity index (χ2v) is 7.30. The third-order valence-electron chi connectivity index (χ3n) is 3.16. The van der Waals surface area contributed by atoms with Gasteiger partial charge in [-0.25, -0.2) is 4.79 Å². The maximum absolute atomic E-state index is 11.7. The molecule has 0 aliphatic heterocycles. The van der Waals surface area contributed by atoms with Gasteiger partial charge in [0.2, 0.25) is 0 Å². The largest absolute Gasteiger partial charge is 0.412 e. The van der Waals surface area contributed by atoms with Gasteiger partial charge in [-0.05, 0) is 31.9 Å². The van der Waals surface area contributed by atoms with E-state index < -0.39 is 0 Å². The molecule has 0 heterocycles. The number of unbranched alkanes of at least 4 members (excludes halogenated alkanes) is 2. The Morgan fingerprint density at radius 3 is 2.50 bits per heavy atom. The molecule has 4 heteroatoms. The highest BCUT2D eigenvalue weighted by atomic mass is 32.2. The lowest BCUT2D eigenvalue weighted by Crippen LogP contribution is -2.28. The Kier molecular flexibility index (Phi) is 6.93. The molecule has 20 heavy (non-hydrogen) atoms. The molecular weight excluding hydrogens is 270 g/mol. The number of hydrogen-bond acceptors (Lipinski definition) is 2. The number of amides is 1. The van der Waals surface area contributed by atoms with Gasteiger partial charge in [0.15, 0.2) is 4.90 Å². The van der Waals surface area contributed by atoms with Gasteiger partial charge in [0, 0.05) is 29.1 Å². The fourth-order valence-electron chi connectivity index (χ4n) is 2.01. The average molecular weight is 296 g/mol. The molecule has 0 saturated carbocycles. The maximum Gasteiger partial charge on any atom is 0.412 e. The number of aryl methyl sites for hydroxylation is 2. The molecule has 112 valence electrons. The molecule has 1 aromatic carbocycles. The minimum absolute atomic E-state index is 0.215. The van der Waals surface area contributed by atoms with Crippen LogP contribution in [0.25, 0.3) is 0 Å². The van der Waals surface area contributed by atoms with Crippen LogP contribution in [0.4, 0.5) is 4.79 Å². The van der Waals surface area contributed by atoms with E-state index in [1.165, 1.54) is 10.5 Å². The maximum atomic E-state index is 11.7. The van der Waals surface area contributed by atoms with Gasteiger partial charge in [0.1, 0.15) is 18.3 Å². The summed E-state index contributed by atoms with van der Waals surface area (Å²) >= 11 is 0. The van der Waals surface area contributed by atoms with E-state index in [-0.39, 0.29) is 17.0 Å². The lowest BCUT2D eigenvalue weighted by atomic mass is 10.1. The van der Waals surface area contributed by atoms with Gasteiger partial charge in [0.05, 0.1) is 0 Å². The van der Waals surface area contributed by atoms with E-state index in [4.69, 9.17) is 4.74 Å². The van der Waals surface area contributed by atoms with Crippen molar-refractivity contribution in [2.45, 2.75) is 44.9 Å². The SMILES string of the molecule is CCCCCNC(=O)Oc1cc(C)c([S+](C)C)cc1C. The molecular formula is C16H26NO2S+. The standard InChI is InChI=1S/C16H25NO2S/c1-6-7-8-9-17-16(18)19-14-10-13(3)15(20(4)5)11-12(14)2/h10-11H,6-9H2,1-5H3/p+1. The van der Waals surface area contributed by atoms with Crippen molar-refractivity contribution in [1.29, 1.82) is 0 Å². The molecule has 0 aromatic heterocycles. The third kappa shape index (κ3) is 5.08. The molecule has 3 nitrogen and oxygen atoms in total. The van der Waals surface area contributed by atoms with Crippen LogP contribution in [0.15, 0.2) is 17.0 Å². The first-order chi connectivity index (χ1) is 9.45. The van der Waals surface area contributed by atoms with Gasteiger partial charge < -0.3 is 10.1 Å². The number of rotatable bonds is 6. The molecule has 1 aromatic rings. The van der Waals surface area contributed by atoms with Gasteiger partial charge in [-0.3, -0.25) is 0 Å². The van der Waals surface area contributed by atoms with Crippen molar-refractivity contribution in [1.82, 2.24) is 5.32 Å². The van der Waals surface area contributed by atoms with Crippen LogP contribution in [-0.2, 0) is 10.9 Å². The third-order valence-corrected chi connectivity index (χ3v) is 4.48. The molecule has 1 rings (SSSR count). The van der Waals surface area contributed by atoms with Gasteiger partial charge >= 0.3 is 6.09 Å². The quantitative estimate of drug-likeness (QED) is 0.640. The van der Waals surface area contributed by atoms with Crippen molar-refractivity contribution in [2.75, 3.05) is 19.1 Å². The van der Waals surface area contributed by atoms with Crippen LogP contribution in [0.3, 0.4) is 0 Å². The summed E-state index contributed by atoms with van der Waals surface area (Å²) < 4.78 is 5.39. The fourth-order valence-corrected chi connectivity index (χ4v) is 3.13. The first-order valence-corrected chi connectivity index (χ1v) is 9.14. The number of benzene rings is 1. The van der Waals surface area contributed by atoms with E-state index in [9.17, 15) is 4.79 Å². The number of hydrogen-bond donors (Lipinski definition) is 1.